The molecule has 0 saturated carbocycles. The summed E-state index contributed by atoms with van der Waals surface area (Å²) in [6, 6.07) is 0. The van der Waals surface area contributed by atoms with Gasteiger partial charge in [0.25, 0.3) is 0 Å². The van der Waals surface area contributed by atoms with E-state index in [9.17, 15) is 0 Å². The van der Waals surface area contributed by atoms with Crippen LogP contribution in [0.3, 0.4) is 0 Å². The topological polar surface area (TPSA) is 9.23 Å². The van der Waals surface area contributed by atoms with Crippen molar-refractivity contribution in [2.75, 3.05) is 0 Å². The van der Waals surface area contributed by atoms with Crippen molar-refractivity contribution in [3.05, 3.63) is 0 Å². The Kier molecular flexibility index (Phi) is 8.59. The third-order valence-electron chi connectivity index (χ3n) is 3.07. The Hall–Kier alpha value is 0.177. The van der Waals surface area contributed by atoms with Gasteiger partial charge in [-0.1, -0.05) is 53.0 Å². The molecule has 0 unspecified atom stereocenters. The summed E-state index contributed by atoms with van der Waals surface area (Å²) in [5.41, 5.74) is 0.257. The predicted octanol–water partition coefficient (Wildman–Crippen LogP) is 3.66. The largest absolute Gasteiger partial charge is 0.419 e. The summed E-state index contributed by atoms with van der Waals surface area (Å²) in [6.07, 6.45) is 9.00. The molecule has 0 saturated heterocycles. The van der Waals surface area contributed by atoms with E-state index in [0.717, 1.165) is 0 Å². The van der Waals surface area contributed by atoms with Crippen LogP contribution in [0.5, 0.6) is 0 Å². The Labute approximate surface area is 92.6 Å². The molecule has 86 valence electrons. The zero-order valence-electron chi connectivity index (χ0n) is 10.6. The van der Waals surface area contributed by atoms with Crippen LogP contribution in [0, 0.1) is 0 Å². The van der Waals surface area contributed by atoms with Crippen molar-refractivity contribution < 1.29 is 4.43 Å². The van der Waals surface area contributed by atoms with Gasteiger partial charge in [-0.3, -0.25) is 0 Å². The van der Waals surface area contributed by atoms with Gasteiger partial charge in [0.05, 0.1) is 5.60 Å². The molecule has 2 heteroatoms. The highest BCUT2D eigenvalue weighted by Crippen LogP contribution is 2.28. The number of hydrogen-bond donors (Lipinski definition) is 0. The minimum atomic E-state index is -0.257. The maximum absolute atomic E-state index is 6.12. The van der Waals surface area contributed by atoms with Crippen molar-refractivity contribution in [1.82, 2.24) is 0 Å². The van der Waals surface area contributed by atoms with E-state index in [0.29, 0.717) is 0 Å². The molecule has 0 atom stereocenters. The molecular weight excluding hydrogens is 188 g/mol. The minimum absolute atomic E-state index is 0.257. The molecular formula is C12H28OSi. The molecule has 14 heavy (non-hydrogen) atoms. The molecule has 0 radical (unpaired) electrons. The fraction of sp³-hybridized carbons (Fsp3) is 1.00. The van der Waals surface area contributed by atoms with E-state index in [1.165, 1.54) is 44.9 Å². The Bertz CT molecular complexity index is 117. The summed E-state index contributed by atoms with van der Waals surface area (Å²) in [5, 5.41) is 0. The average Bonchev–Trinajstić information content (AvgIpc) is 2.22. The van der Waals surface area contributed by atoms with Gasteiger partial charge in [0, 0.05) is 0 Å². The molecule has 0 rings (SSSR count). The van der Waals surface area contributed by atoms with Crippen molar-refractivity contribution in [3.8, 4) is 0 Å². The Morgan fingerprint density at radius 1 is 1.00 bits per heavy atom. The van der Waals surface area contributed by atoms with Crippen LogP contribution in [0.15, 0.2) is 0 Å². The smallest absolute Gasteiger partial charge is 0.159 e. The lowest BCUT2D eigenvalue weighted by Crippen LogP contribution is -2.32. The molecule has 0 bridgehead atoms. The van der Waals surface area contributed by atoms with Crippen LogP contribution in [-0.2, 0) is 4.43 Å². The number of rotatable bonds is 9. The predicted molar refractivity (Wildman–Crippen MR) is 67.6 cm³/mol. The molecule has 0 spiro atoms. The first-order chi connectivity index (χ1) is 6.74. The summed E-state index contributed by atoms with van der Waals surface area (Å²) < 4.78 is 6.12. The van der Waals surface area contributed by atoms with E-state index >= 15 is 0 Å². The molecule has 0 aliphatic rings. The van der Waals surface area contributed by atoms with Crippen LogP contribution in [-0.4, -0.2) is 15.4 Å². The van der Waals surface area contributed by atoms with E-state index in [4.69, 9.17) is 4.43 Å². The lowest BCUT2D eigenvalue weighted by atomic mass is 9.88. The van der Waals surface area contributed by atoms with Crippen LogP contribution in [0.25, 0.3) is 0 Å². The van der Waals surface area contributed by atoms with Crippen molar-refractivity contribution in [2.24, 2.45) is 0 Å². The van der Waals surface area contributed by atoms with Crippen LogP contribution in [0.2, 0.25) is 6.55 Å². The van der Waals surface area contributed by atoms with Gasteiger partial charge in [-0.05, 0) is 19.3 Å². The van der Waals surface area contributed by atoms with E-state index in [-0.39, 0.29) is 15.4 Å². The third kappa shape index (κ3) is 5.16. The summed E-state index contributed by atoms with van der Waals surface area (Å²) in [7, 11) is -0.257. The van der Waals surface area contributed by atoms with Crippen LogP contribution >= 0.6 is 0 Å². The van der Waals surface area contributed by atoms with Gasteiger partial charge in [0.15, 0.2) is 9.76 Å². The lowest BCUT2D eigenvalue weighted by Gasteiger charge is -2.33. The van der Waals surface area contributed by atoms with Crippen LogP contribution in [0.1, 0.15) is 65.7 Å². The minimum Gasteiger partial charge on any atom is -0.419 e. The van der Waals surface area contributed by atoms with E-state index in [1.54, 1.807) is 0 Å². The van der Waals surface area contributed by atoms with Gasteiger partial charge in [0.2, 0.25) is 0 Å². The molecule has 0 N–H and O–H groups in total. The van der Waals surface area contributed by atoms with E-state index in [2.05, 4.69) is 27.3 Å². The molecule has 0 aromatic rings. The van der Waals surface area contributed by atoms with Gasteiger partial charge in [-0.25, -0.2) is 0 Å². The molecule has 0 aliphatic carbocycles. The first-order valence-corrected chi connectivity index (χ1v) is 8.37. The second kappa shape index (κ2) is 8.48. The Balaban J connectivity index is 4.11. The van der Waals surface area contributed by atoms with E-state index in [1.807, 2.05) is 0 Å². The molecule has 0 heterocycles. The highest BCUT2D eigenvalue weighted by atomic mass is 28.2. The zero-order valence-corrected chi connectivity index (χ0v) is 12.0. The van der Waals surface area contributed by atoms with Crippen LogP contribution < -0.4 is 0 Å². The third-order valence-corrected chi connectivity index (χ3v) is 3.97. The fourth-order valence-electron chi connectivity index (χ4n) is 2.03. The van der Waals surface area contributed by atoms with Gasteiger partial charge in [-0.2, -0.15) is 0 Å². The van der Waals surface area contributed by atoms with Crippen molar-refractivity contribution in [1.29, 1.82) is 0 Å². The molecule has 0 aromatic carbocycles. The molecule has 0 aromatic heterocycles. The first kappa shape index (κ1) is 14.2. The molecule has 0 fully saturated rings. The van der Waals surface area contributed by atoms with Crippen molar-refractivity contribution in [2.45, 2.75) is 77.9 Å². The second-order valence-corrected chi connectivity index (χ2v) is 5.04. The summed E-state index contributed by atoms with van der Waals surface area (Å²) in [4.78, 5) is 0. The Morgan fingerprint density at radius 3 is 1.79 bits per heavy atom. The quantitative estimate of drug-likeness (QED) is 0.534. The summed E-state index contributed by atoms with van der Waals surface area (Å²) in [6.45, 7) is 9.07. The SMILES string of the molecule is CCCCC(CC)(CCCC)O[SiH2]C. The fourth-order valence-corrected chi connectivity index (χ4v) is 3.13. The van der Waals surface area contributed by atoms with Gasteiger partial charge in [0.1, 0.15) is 0 Å². The monoisotopic (exact) mass is 216 g/mol. The lowest BCUT2D eigenvalue weighted by molar-refractivity contribution is 0.0463. The van der Waals surface area contributed by atoms with E-state index < -0.39 is 0 Å². The van der Waals surface area contributed by atoms with Crippen LogP contribution in [0.4, 0.5) is 0 Å². The van der Waals surface area contributed by atoms with Crippen molar-refractivity contribution in [3.63, 3.8) is 0 Å². The summed E-state index contributed by atoms with van der Waals surface area (Å²) >= 11 is 0. The molecule has 0 aliphatic heterocycles. The average molecular weight is 216 g/mol. The normalized spacial score (nSPS) is 12.9. The highest BCUT2D eigenvalue weighted by molar-refractivity contribution is 6.25. The maximum atomic E-state index is 6.12. The Morgan fingerprint density at radius 2 is 1.50 bits per heavy atom. The van der Waals surface area contributed by atoms with Gasteiger partial charge in [-0.15, -0.1) is 0 Å². The molecule has 1 nitrogen and oxygen atoms in total. The summed E-state index contributed by atoms with van der Waals surface area (Å²) in [5.74, 6) is 0. The second-order valence-electron chi connectivity index (χ2n) is 4.18. The number of unbranched alkanes of at least 4 members (excludes halogenated alkanes) is 2. The van der Waals surface area contributed by atoms with Crippen molar-refractivity contribution >= 4 is 9.76 Å². The number of hydrogen-bond acceptors (Lipinski definition) is 1. The van der Waals surface area contributed by atoms with Gasteiger partial charge >= 0.3 is 0 Å². The first-order valence-electron chi connectivity index (χ1n) is 6.38. The standard InChI is InChI=1S/C12H28OSi/c1-5-8-10-12(7-3,13-14-4)11-9-6-2/h5-11,14H2,1-4H3. The maximum Gasteiger partial charge on any atom is 0.159 e. The highest BCUT2D eigenvalue weighted by Gasteiger charge is 2.26. The van der Waals surface area contributed by atoms with Gasteiger partial charge < -0.3 is 4.43 Å². The zero-order chi connectivity index (χ0) is 10.9. The molecule has 0 amide bonds.